The van der Waals surface area contributed by atoms with Gasteiger partial charge in [-0.1, -0.05) is 28.9 Å². The number of carbonyl (C=O) groups is 1. The molecule has 0 unspecified atom stereocenters. The van der Waals surface area contributed by atoms with Gasteiger partial charge >= 0.3 is 0 Å². The van der Waals surface area contributed by atoms with Gasteiger partial charge < -0.3 is 9.84 Å². The highest BCUT2D eigenvalue weighted by molar-refractivity contribution is 6.30. The number of nitrogens with zero attached hydrogens (tertiary/aromatic N) is 2. The van der Waals surface area contributed by atoms with E-state index in [0.717, 1.165) is 5.56 Å². The van der Waals surface area contributed by atoms with Gasteiger partial charge in [0.05, 0.1) is 0 Å². The highest BCUT2D eigenvalue weighted by Crippen LogP contribution is 2.16. The number of amides is 1. The molecule has 3 rings (SSSR count). The van der Waals surface area contributed by atoms with E-state index in [2.05, 4.69) is 15.5 Å². The summed E-state index contributed by atoms with van der Waals surface area (Å²) in [6.07, 6.45) is 1.30. The topological polar surface area (TPSA) is 68.0 Å². The maximum Gasteiger partial charge on any atom is 0.227 e. The van der Waals surface area contributed by atoms with Gasteiger partial charge in [-0.3, -0.25) is 4.79 Å². The number of benzene rings is 2. The Bertz CT molecular complexity index is 881. The van der Waals surface area contributed by atoms with E-state index >= 15 is 0 Å². The second-order valence-electron chi connectivity index (χ2n) is 5.75. The number of carbonyl (C=O) groups excluding carboxylic acids is 1. The van der Waals surface area contributed by atoms with Crippen LogP contribution in [0.3, 0.4) is 0 Å². The number of halogens is 2. The van der Waals surface area contributed by atoms with Crippen LogP contribution in [-0.2, 0) is 17.6 Å². The van der Waals surface area contributed by atoms with Gasteiger partial charge in [-0.25, -0.2) is 4.39 Å². The second-order valence-corrected chi connectivity index (χ2v) is 6.18. The molecule has 0 aliphatic rings. The molecule has 1 amide bonds. The minimum atomic E-state index is -0.327. The molecule has 1 aromatic heterocycles. The van der Waals surface area contributed by atoms with E-state index in [9.17, 15) is 9.18 Å². The fourth-order valence-corrected chi connectivity index (χ4v) is 2.63. The number of hydrogen-bond donors (Lipinski definition) is 1. The first kappa shape index (κ1) is 18.1. The summed E-state index contributed by atoms with van der Waals surface area (Å²) in [6, 6.07) is 13.4. The van der Waals surface area contributed by atoms with Gasteiger partial charge in [-0.15, -0.1) is 0 Å². The third-order valence-corrected chi connectivity index (χ3v) is 4.00. The summed E-state index contributed by atoms with van der Waals surface area (Å²) in [7, 11) is 0. The van der Waals surface area contributed by atoms with Crippen LogP contribution in [0.15, 0.2) is 53.1 Å². The minimum Gasteiger partial charge on any atom is -0.356 e. The Morgan fingerprint density at radius 2 is 1.96 bits per heavy atom. The molecule has 0 radical (unpaired) electrons. The van der Waals surface area contributed by atoms with Gasteiger partial charge in [0.1, 0.15) is 5.82 Å². The van der Waals surface area contributed by atoms with Crippen molar-refractivity contribution in [1.29, 1.82) is 0 Å². The fraction of sp³-hybridized carbons (Fsp3) is 0.211. The van der Waals surface area contributed by atoms with Crippen LogP contribution in [0.2, 0.25) is 5.02 Å². The molecule has 3 aromatic rings. The molecule has 0 fully saturated rings. The summed E-state index contributed by atoms with van der Waals surface area (Å²) in [5.41, 5.74) is 1.73. The second kappa shape index (κ2) is 8.58. The van der Waals surface area contributed by atoms with Crippen LogP contribution in [0.1, 0.15) is 17.9 Å². The van der Waals surface area contributed by atoms with Crippen LogP contribution >= 0.6 is 11.6 Å². The van der Waals surface area contributed by atoms with Crippen molar-refractivity contribution in [2.24, 2.45) is 0 Å². The van der Waals surface area contributed by atoms with Crippen molar-refractivity contribution in [1.82, 2.24) is 15.5 Å². The maximum absolute atomic E-state index is 12.9. The average Bonchev–Trinajstić information content (AvgIpc) is 3.10. The number of hydrogen-bond acceptors (Lipinski definition) is 4. The summed E-state index contributed by atoms with van der Waals surface area (Å²) >= 11 is 5.93. The van der Waals surface area contributed by atoms with Gasteiger partial charge in [0, 0.05) is 30.0 Å². The Kier molecular flexibility index (Phi) is 5.96. The lowest BCUT2D eigenvalue weighted by atomic mass is 10.1. The van der Waals surface area contributed by atoms with Crippen molar-refractivity contribution >= 4 is 17.5 Å². The summed E-state index contributed by atoms with van der Waals surface area (Å²) in [5.74, 6) is 0.330. The van der Waals surface area contributed by atoms with E-state index < -0.39 is 0 Å². The predicted molar refractivity (Wildman–Crippen MR) is 96.2 cm³/mol. The summed E-state index contributed by atoms with van der Waals surface area (Å²) in [5, 5.41) is 7.39. The summed E-state index contributed by atoms with van der Waals surface area (Å²) in [4.78, 5) is 16.1. The van der Waals surface area contributed by atoms with Crippen LogP contribution in [0, 0.1) is 5.82 Å². The molecule has 0 atom stereocenters. The Morgan fingerprint density at radius 3 is 2.73 bits per heavy atom. The number of aryl methyl sites for hydroxylation is 1. The van der Waals surface area contributed by atoms with Gasteiger partial charge in [0.25, 0.3) is 0 Å². The van der Waals surface area contributed by atoms with E-state index in [1.807, 2.05) is 24.3 Å². The molecular weight excluding hydrogens is 357 g/mol. The molecule has 1 N–H and O–H groups in total. The first-order chi connectivity index (χ1) is 12.6. The molecule has 5 nitrogen and oxygen atoms in total. The molecular formula is C19H17ClFN3O2. The minimum absolute atomic E-state index is 0.0893. The van der Waals surface area contributed by atoms with Gasteiger partial charge in [-0.2, -0.15) is 4.98 Å². The van der Waals surface area contributed by atoms with Crippen LogP contribution in [0.25, 0.3) is 11.4 Å². The fourth-order valence-electron chi connectivity index (χ4n) is 2.42. The molecule has 0 bridgehead atoms. The van der Waals surface area contributed by atoms with Crippen molar-refractivity contribution in [3.8, 4) is 11.4 Å². The summed E-state index contributed by atoms with van der Waals surface area (Å²) in [6.45, 7) is 0.532. The highest BCUT2D eigenvalue weighted by Gasteiger charge is 2.10. The van der Waals surface area contributed by atoms with Gasteiger partial charge in [0.15, 0.2) is 0 Å². The Hall–Kier alpha value is -2.73. The van der Waals surface area contributed by atoms with E-state index in [1.54, 1.807) is 12.1 Å². The summed E-state index contributed by atoms with van der Waals surface area (Å²) < 4.78 is 18.1. The number of aromatic nitrogens is 2. The zero-order valence-electron chi connectivity index (χ0n) is 13.9. The molecule has 0 saturated carbocycles. The van der Waals surface area contributed by atoms with Crippen LogP contribution in [0.5, 0.6) is 0 Å². The van der Waals surface area contributed by atoms with Crippen molar-refractivity contribution in [2.75, 3.05) is 6.54 Å². The van der Waals surface area contributed by atoms with Gasteiger partial charge in [0.2, 0.25) is 17.6 Å². The molecule has 2 aromatic carbocycles. The van der Waals surface area contributed by atoms with E-state index in [0.29, 0.717) is 41.7 Å². The molecule has 0 spiro atoms. The van der Waals surface area contributed by atoms with E-state index in [4.69, 9.17) is 16.1 Å². The molecule has 0 aliphatic heterocycles. The van der Waals surface area contributed by atoms with Crippen molar-refractivity contribution < 1.29 is 13.7 Å². The normalized spacial score (nSPS) is 10.7. The largest absolute Gasteiger partial charge is 0.356 e. The predicted octanol–water partition coefficient (Wildman–Crippen LogP) is 3.82. The lowest BCUT2D eigenvalue weighted by Gasteiger charge is -2.04. The maximum atomic E-state index is 12.9. The van der Waals surface area contributed by atoms with E-state index in [1.165, 1.54) is 12.1 Å². The van der Waals surface area contributed by atoms with Crippen LogP contribution in [0.4, 0.5) is 4.39 Å². The quantitative estimate of drug-likeness (QED) is 0.683. The first-order valence-electron chi connectivity index (χ1n) is 8.20. The highest BCUT2D eigenvalue weighted by atomic mass is 35.5. The standard InChI is InChI=1S/C19H17ClFN3O2/c20-15-3-1-2-13(12-15)10-11-22-17(25)8-9-18-23-19(24-26-18)14-4-6-16(21)7-5-14/h1-7,12H,8-11H2,(H,22,25). The molecule has 26 heavy (non-hydrogen) atoms. The SMILES string of the molecule is O=C(CCc1nc(-c2ccc(F)cc2)no1)NCCc1cccc(Cl)c1. The Balaban J connectivity index is 1.44. The Morgan fingerprint density at radius 1 is 1.15 bits per heavy atom. The lowest BCUT2D eigenvalue weighted by molar-refractivity contribution is -0.121. The monoisotopic (exact) mass is 373 g/mol. The third-order valence-electron chi connectivity index (χ3n) is 3.76. The zero-order valence-corrected chi connectivity index (χ0v) is 14.7. The van der Waals surface area contributed by atoms with Crippen molar-refractivity contribution in [3.05, 3.63) is 70.8 Å². The Labute approximate surface area is 155 Å². The van der Waals surface area contributed by atoms with Crippen LogP contribution < -0.4 is 5.32 Å². The third kappa shape index (κ3) is 5.13. The molecule has 0 saturated heterocycles. The van der Waals surface area contributed by atoms with Crippen molar-refractivity contribution in [3.63, 3.8) is 0 Å². The number of nitrogens with one attached hydrogen (secondary N) is 1. The lowest BCUT2D eigenvalue weighted by Crippen LogP contribution is -2.25. The average molecular weight is 374 g/mol. The zero-order chi connectivity index (χ0) is 18.4. The van der Waals surface area contributed by atoms with Crippen LogP contribution in [-0.4, -0.2) is 22.6 Å². The first-order valence-corrected chi connectivity index (χ1v) is 8.57. The smallest absolute Gasteiger partial charge is 0.227 e. The molecule has 1 heterocycles. The van der Waals surface area contributed by atoms with Crippen molar-refractivity contribution in [2.45, 2.75) is 19.3 Å². The molecule has 0 aliphatic carbocycles. The van der Waals surface area contributed by atoms with E-state index in [-0.39, 0.29) is 18.1 Å². The molecule has 7 heteroatoms. The number of rotatable bonds is 7. The van der Waals surface area contributed by atoms with Gasteiger partial charge in [-0.05, 0) is 48.4 Å². The molecule has 134 valence electrons.